The lowest BCUT2D eigenvalue weighted by Gasteiger charge is -2.28. The molecule has 0 amide bonds. The van der Waals surface area contributed by atoms with Crippen molar-refractivity contribution in [1.29, 1.82) is 0 Å². The third-order valence-corrected chi connectivity index (χ3v) is 2.93. The van der Waals surface area contributed by atoms with Crippen LogP contribution in [-0.4, -0.2) is 25.3 Å². The van der Waals surface area contributed by atoms with Crippen LogP contribution < -0.4 is 0 Å². The monoisotopic (exact) mass is 172 g/mol. The third kappa shape index (κ3) is 1.12. The number of carbonyl (C=O) groups excluding carboxylic acids is 1. The minimum atomic E-state index is -0.656. The Kier molecular flexibility index (Phi) is 2.17. The molecule has 3 nitrogen and oxygen atoms in total. The molecule has 0 aromatic heterocycles. The number of hydrogen-bond donors (Lipinski definition) is 0. The first-order valence-electron chi connectivity index (χ1n) is 4.22. The topological polar surface area (TPSA) is 38.8 Å². The van der Waals surface area contributed by atoms with Crippen LogP contribution in [0, 0.1) is 5.41 Å². The lowest BCUT2D eigenvalue weighted by molar-refractivity contribution is -0.151. The zero-order valence-electron chi connectivity index (χ0n) is 8.14. The van der Waals surface area contributed by atoms with Gasteiger partial charge in [-0.15, -0.1) is 0 Å². The van der Waals surface area contributed by atoms with Crippen molar-refractivity contribution in [3.05, 3.63) is 0 Å². The normalized spacial score (nSPS) is 28.3. The van der Waals surface area contributed by atoms with E-state index in [1.807, 2.05) is 20.8 Å². The highest BCUT2D eigenvalue weighted by atomic mass is 16.6. The molecular weight excluding hydrogens is 156 g/mol. The van der Waals surface area contributed by atoms with E-state index in [2.05, 4.69) is 0 Å². The van der Waals surface area contributed by atoms with Gasteiger partial charge in [0.25, 0.3) is 0 Å². The van der Waals surface area contributed by atoms with E-state index in [-0.39, 0.29) is 11.4 Å². The van der Waals surface area contributed by atoms with Gasteiger partial charge in [-0.25, -0.2) is 4.79 Å². The predicted molar refractivity (Wildman–Crippen MR) is 44.8 cm³/mol. The van der Waals surface area contributed by atoms with Crippen molar-refractivity contribution < 1.29 is 14.3 Å². The highest BCUT2D eigenvalue weighted by Gasteiger charge is 2.62. The zero-order valence-corrected chi connectivity index (χ0v) is 8.14. The highest BCUT2D eigenvalue weighted by molar-refractivity contribution is 5.83. The Labute approximate surface area is 73.0 Å². The van der Waals surface area contributed by atoms with E-state index < -0.39 is 5.60 Å². The van der Waals surface area contributed by atoms with Gasteiger partial charge in [-0.2, -0.15) is 0 Å². The summed E-state index contributed by atoms with van der Waals surface area (Å²) in [6.07, 6.45) is 0.905. The van der Waals surface area contributed by atoms with Gasteiger partial charge in [0.05, 0.1) is 13.7 Å². The molecule has 1 fully saturated rings. The Bertz CT molecular complexity index is 192. The molecule has 1 aliphatic rings. The molecule has 0 radical (unpaired) electrons. The fraction of sp³-hybridized carbons (Fsp3) is 0.889. The van der Waals surface area contributed by atoms with Crippen LogP contribution in [0.5, 0.6) is 0 Å². The molecule has 1 saturated heterocycles. The van der Waals surface area contributed by atoms with Gasteiger partial charge in [0, 0.05) is 5.41 Å². The van der Waals surface area contributed by atoms with Gasteiger partial charge in [-0.05, 0) is 6.42 Å². The largest absolute Gasteiger partial charge is 0.467 e. The average molecular weight is 172 g/mol. The van der Waals surface area contributed by atoms with Crippen molar-refractivity contribution >= 4 is 5.97 Å². The molecule has 0 saturated carbocycles. The maximum absolute atomic E-state index is 11.4. The molecule has 1 unspecified atom stereocenters. The van der Waals surface area contributed by atoms with Crippen molar-refractivity contribution in [1.82, 2.24) is 0 Å². The number of epoxide rings is 1. The number of methoxy groups -OCH3 is 1. The zero-order chi connectivity index (χ0) is 9.41. The Morgan fingerprint density at radius 3 is 2.42 bits per heavy atom. The first-order chi connectivity index (χ1) is 5.50. The quantitative estimate of drug-likeness (QED) is 0.476. The number of esters is 1. The minimum Gasteiger partial charge on any atom is -0.467 e. The molecule has 0 N–H and O–H groups in total. The van der Waals surface area contributed by atoms with Crippen molar-refractivity contribution in [2.75, 3.05) is 13.7 Å². The van der Waals surface area contributed by atoms with E-state index in [0.717, 1.165) is 6.42 Å². The van der Waals surface area contributed by atoms with Gasteiger partial charge in [-0.1, -0.05) is 20.8 Å². The van der Waals surface area contributed by atoms with E-state index in [4.69, 9.17) is 9.47 Å². The van der Waals surface area contributed by atoms with E-state index in [1.165, 1.54) is 7.11 Å². The summed E-state index contributed by atoms with van der Waals surface area (Å²) >= 11 is 0. The molecular formula is C9H16O3. The summed E-state index contributed by atoms with van der Waals surface area (Å²) < 4.78 is 9.93. The Hall–Kier alpha value is -0.570. The summed E-state index contributed by atoms with van der Waals surface area (Å²) in [4.78, 5) is 11.4. The number of carbonyl (C=O) groups is 1. The van der Waals surface area contributed by atoms with Gasteiger partial charge in [0.1, 0.15) is 0 Å². The van der Waals surface area contributed by atoms with Crippen molar-refractivity contribution in [3.8, 4) is 0 Å². The summed E-state index contributed by atoms with van der Waals surface area (Å²) in [6.45, 7) is 6.60. The Morgan fingerprint density at radius 1 is 1.67 bits per heavy atom. The molecule has 1 aliphatic heterocycles. The fourth-order valence-corrected chi connectivity index (χ4v) is 1.31. The van der Waals surface area contributed by atoms with E-state index in [1.54, 1.807) is 0 Å². The lowest BCUT2D eigenvalue weighted by Crippen LogP contribution is -2.41. The first kappa shape index (κ1) is 9.52. The molecule has 0 spiro atoms. The Morgan fingerprint density at radius 2 is 2.17 bits per heavy atom. The maximum atomic E-state index is 11.4. The summed E-state index contributed by atoms with van der Waals surface area (Å²) in [5.41, 5.74) is -0.781. The van der Waals surface area contributed by atoms with Crippen LogP contribution in [0.4, 0.5) is 0 Å². The van der Waals surface area contributed by atoms with Crippen molar-refractivity contribution in [3.63, 3.8) is 0 Å². The smallest absolute Gasteiger partial charge is 0.341 e. The average Bonchev–Trinajstić information content (AvgIpc) is 2.83. The van der Waals surface area contributed by atoms with E-state index >= 15 is 0 Å². The van der Waals surface area contributed by atoms with Gasteiger partial charge < -0.3 is 9.47 Å². The van der Waals surface area contributed by atoms with Crippen LogP contribution in [0.2, 0.25) is 0 Å². The predicted octanol–water partition coefficient (Wildman–Crippen LogP) is 1.36. The van der Waals surface area contributed by atoms with Crippen LogP contribution in [0.3, 0.4) is 0 Å². The summed E-state index contributed by atoms with van der Waals surface area (Å²) in [5.74, 6) is -0.241. The molecule has 0 bridgehead atoms. The number of hydrogen-bond acceptors (Lipinski definition) is 3. The molecule has 1 rings (SSSR count). The SMILES string of the molecule is CCC(C)(C)C1(C(=O)OC)CO1. The summed E-state index contributed by atoms with van der Waals surface area (Å²) in [5, 5.41) is 0. The molecule has 1 atom stereocenters. The second kappa shape index (κ2) is 2.73. The van der Waals surface area contributed by atoms with Gasteiger partial charge in [-0.3, -0.25) is 0 Å². The van der Waals surface area contributed by atoms with E-state index in [0.29, 0.717) is 6.61 Å². The van der Waals surface area contributed by atoms with Crippen molar-refractivity contribution in [2.24, 2.45) is 5.41 Å². The number of ether oxygens (including phenoxy) is 2. The molecule has 0 aromatic carbocycles. The molecule has 0 aromatic rings. The lowest BCUT2D eigenvalue weighted by atomic mass is 9.77. The van der Waals surface area contributed by atoms with E-state index in [9.17, 15) is 4.79 Å². The molecule has 0 aliphatic carbocycles. The Balaban J connectivity index is 2.79. The first-order valence-corrected chi connectivity index (χ1v) is 4.22. The van der Waals surface area contributed by atoms with Crippen LogP contribution in [0.15, 0.2) is 0 Å². The second-order valence-corrected chi connectivity index (χ2v) is 3.84. The van der Waals surface area contributed by atoms with Crippen LogP contribution in [0.1, 0.15) is 27.2 Å². The minimum absolute atomic E-state index is 0.125. The number of rotatable bonds is 3. The van der Waals surface area contributed by atoms with Gasteiger partial charge in [0.15, 0.2) is 5.60 Å². The van der Waals surface area contributed by atoms with Crippen molar-refractivity contribution in [2.45, 2.75) is 32.8 Å². The van der Waals surface area contributed by atoms with Crippen LogP contribution in [-0.2, 0) is 14.3 Å². The second-order valence-electron chi connectivity index (χ2n) is 3.84. The maximum Gasteiger partial charge on any atom is 0.341 e. The summed E-state index contributed by atoms with van der Waals surface area (Å²) in [6, 6.07) is 0. The standard InChI is InChI=1S/C9H16O3/c1-5-8(2,3)9(6-12-9)7(10)11-4/h5-6H2,1-4H3. The molecule has 70 valence electrons. The highest BCUT2D eigenvalue weighted by Crippen LogP contribution is 2.47. The van der Waals surface area contributed by atoms with Gasteiger partial charge in [0.2, 0.25) is 0 Å². The molecule has 1 heterocycles. The summed E-state index contributed by atoms with van der Waals surface area (Å²) in [7, 11) is 1.40. The molecule has 3 heteroatoms. The van der Waals surface area contributed by atoms with Crippen LogP contribution >= 0.6 is 0 Å². The van der Waals surface area contributed by atoms with Crippen LogP contribution in [0.25, 0.3) is 0 Å². The third-order valence-electron chi connectivity index (χ3n) is 2.93. The molecule has 12 heavy (non-hydrogen) atoms. The fourth-order valence-electron chi connectivity index (χ4n) is 1.31. The van der Waals surface area contributed by atoms with Gasteiger partial charge >= 0.3 is 5.97 Å².